The minimum atomic E-state index is -0.0791. The molecule has 1 unspecified atom stereocenters. The van der Waals surface area contributed by atoms with Crippen molar-refractivity contribution in [1.29, 1.82) is 0 Å². The third-order valence-corrected chi connectivity index (χ3v) is 3.41. The summed E-state index contributed by atoms with van der Waals surface area (Å²) < 4.78 is 4.80. The van der Waals surface area contributed by atoms with E-state index in [1.807, 2.05) is 4.90 Å². The van der Waals surface area contributed by atoms with Crippen LogP contribution < -0.4 is 5.32 Å². The number of aryl methyl sites for hydroxylation is 1. The van der Waals surface area contributed by atoms with Gasteiger partial charge in [0.25, 0.3) is 0 Å². The van der Waals surface area contributed by atoms with E-state index in [-0.39, 0.29) is 12.1 Å². The number of piperazine rings is 1. The third-order valence-electron chi connectivity index (χ3n) is 3.41. The first kappa shape index (κ1) is 12.9. The van der Waals surface area contributed by atoms with Crippen LogP contribution in [0.3, 0.4) is 0 Å². The van der Waals surface area contributed by atoms with Crippen molar-refractivity contribution in [2.75, 3.05) is 31.5 Å². The summed E-state index contributed by atoms with van der Waals surface area (Å²) in [5.74, 6) is 0. The number of rotatable bonds is 2. The van der Waals surface area contributed by atoms with Gasteiger partial charge < -0.3 is 14.7 Å². The van der Waals surface area contributed by atoms with E-state index in [1.165, 1.54) is 6.26 Å². The zero-order chi connectivity index (χ0) is 13.1. The molecular weight excluding hydrogens is 232 g/mol. The van der Waals surface area contributed by atoms with Crippen LogP contribution in [-0.4, -0.2) is 53.2 Å². The van der Waals surface area contributed by atoms with E-state index in [9.17, 15) is 4.79 Å². The van der Waals surface area contributed by atoms with Crippen molar-refractivity contribution in [3.05, 3.63) is 12.0 Å². The number of hydrogen-bond donors (Lipinski definition) is 1. The summed E-state index contributed by atoms with van der Waals surface area (Å²) in [6.45, 7) is 9.65. The lowest BCUT2D eigenvalue weighted by atomic mass is 10.2. The van der Waals surface area contributed by atoms with E-state index in [0.29, 0.717) is 11.4 Å². The van der Waals surface area contributed by atoms with Crippen molar-refractivity contribution in [2.45, 2.75) is 26.8 Å². The fourth-order valence-electron chi connectivity index (χ4n) is 2.22. The predicted octanol–water partition coefficient (Wildman–Crippen LogP) is 1.54. The molecule has 0 aromatic carbocycles. The summed E-state index contributed by atoms with van der Waals surface area (Å²) in [4.78, 5) is 16.4. The number of aromatic nitrogens is 1. The Bertz CT molecular complexity index is 418. The van der Waals surface area contributed by atoms with Crippen molar-refractivity contribution in [2.24, 2.45) is 0 Å². The summed E-state index contributed by atoms with van der Waals surface area (Å²) >= 11 is 0. The van der Waals surface area contributed by atoms with Crippen LogP contribution in [0.5, 0.6) is 0 Å². The predicted molar refractivity (Wildman–Crippen MR) is 68.5 cm³/mol. The second kappa shape index (κ2) is 5.39. The van der Waals surface area contributed by atoms with Gasteiger partial charge >= 0.3 is 6.03 Å². The molecule has 6 heteroatoms. The molecule has 1 aliphatic rings. The fourth-order valence-corrected chi connectivity index (χ4v) is 2.22. The number of carbonyl (C=O) groups excluding carboxylic acids is 1. The maximum Gasteiger partial charge on any atom is 0.322 e. The summed E-state index contributed by atoms with van der Waals surface area (Å²) in [5.41, 5.74) is 1.34. The molecule has 1 saturated heterocycles. The van der Waals surface area contributed by atoms with E-state index in [2.05, 4.69) is 29.2 Å². The SMILES string of the molecule is CCN1CCN(C(=O)Nc2conc2C)C(C)C1. The van der Waals surface area contributed by atoms with Gasteiger partial charge in [0.2, 0.25) is 0 Å². The van der Waals surface area contributed by atoms with E-state index >= 15 is 0 Å². The molecule has 2 heterocycles. The average Bonchev–Trinajstić information content (AvgIpc) is 2.74. The first-order valence-corrected chi connectivity index (χ1v) is 6.32. The highest BCUT2D eigenvalue weighted by atomic mass is 16.5. The summed E-state index contributed by atoms with van der Waals surface area (Å²) in [6.07, 6.45) is 1.46. The Morgan fingerprint density at radius 2 is 2.39 bits per heavy atom. The minimum absolute atomic E-state index is 0.0791. The first-order chi connectivity index (χ1) is 8.61. The Morgan fingerprint density at radius 3 is 2.94 bits per heavy atom. The highest BCUT2D eigenvalue weighted by molar-refractivity contribution is 5.89. The average molecular weight is 252 g/mol. The van der Waals surface area contributed by atoms with Gasteiger partial charge in [-0.1, -0.05) is 12.1 Å². The summed E-state index contributed by atoms with van der Waals surface area (Å²) in [6, 6.07) is 0.142. The van der Waals surface area contributed by atoms with Crippen LogP contribution in [0, 0.1) is 6.92 Å². The van der Waals surface area contributed by atoms with Gasteiger partial charge in [0.05, 0.1) is 0 Å². The molecule has 18 heavy (non-hydrogen) atoms. The van der Waals surface area contributed by atoms with Gasteiger partial charge in [0, 0.05) is 25.7 Å². The molecule has 0 bridgehead atoms. The van der Waals surface area contributed by atoms with Crippen LogP contribution in [0.1, 0.15) is 19.5 Å². The normalized spacial score (nSPS) is 21.1. The van der Waals surface area contributed by atoms with Gasteiger partial charge in [-0.15, -0.1) is 0 Å². The molecule has 2 amide bonds. The zero-order valence-corrected chi connectivity index (χ0v) is 11.1. The number of nitrogens with zero attached hydrogens (tertiary/aromatic N) is 3. The van der Waals surface area contributed by atoms with E-state index < -0.39 is 0 Å². The lowest BCUT2D eigenvalue weighted by Crippen LogP contribution is -2.54. The molecule has 2 rings (SSSR count). The number of urea groups is 1. The summed E-state index contributed by atoms with van der Waals surface area (Å²) in [5, 5.41) is 6.58. The Hall–Kier alpha value is -1.56. The largest absolute Gasteiger partial charge is 0.362 e. The van der Waals surface area contributed by atoms with Crippen molar-refractivity contribution < 1.29 is 9.32 Å². The molecule has 0 saturated carbocycles. The van der Waals surface area contributed by atoms with Crippen molar-refractivity contribution in [3.8, 4) is 0 Å². The Kier molecular flexibility index (Phi) is 3.86. The quantitative estimate of drug-likeness (QED) is 0.867. The van der Waals surface area contributed by atoms with Gasteiger partial charge in [-0.05, 0) is 20.4 Å². The summed E-state index contributed by atoms with van der Waals surface area (Å²) in [7, 11) is 0. The Morgan fingerprint density at radius 1 is 1.61 bits per heavy atom. The lowest BCUT2D eigenvalue weighted by Gasteiger charge is -2.39. The molecule has 1 aliphatic heterocycles. The first-order valence-electron chi connectivity index (χ1n) is 6.32. The number of anilines is 1. The van der Waals surface area contributed by atoms with Crippen LogP contribution >= 0.6 is 0 Å². The zero-order valence-electron chi connectivity index (χ0n) is 11.1. The van der Waals surface area contributed by atoms with E-state index in [1.54, 1.807) is 6.92 Å². The molecule has 100 valence electrons. The monoisotopic (exact) mass is 252 g/mol. The van der Waals surface area contributed by atoms with Crippen LogP contribution in [0.25, 0.3) is 0 Å². The van der Waals surface area contributed by atoms with E-state index in [4.69, 9.17) is 4.52 Å². The second-order valence-corrected chi connectivity index (χ2v) is 4.68. The number of likely N-dealkylation sites (N-methyl/N-ethyl adjacent to an activating group) is 1. The Labute approximate surface area is 107 Å². The second-order valence-electron chi connectivity index (χ2n) is 4.68. The van der Waals surface area contributed by atoms with Crippen molar-refractivity contribution >= 4 is 11.7 Å². The van der Waals surface area contributed by atoms with Crippen LogP contribution in [-0.2, 0) is 0 Å². The molecule has 1 N–H and O–H groups in total. The molecule has 0 spiro atoms. The number of carbonyl (C=O) groups is 1. The van der Waals surface area contributed by atoms with Crippen LogP contribution in [0.4, 0.5) is 10.5 Å². The standard InChI is InChI=1S/C12H20N4O2/c1-4-15-5-6-16(9(2)7-15)12(17)13-11-8-18-14-10(11)3/h8-9H,4-7H2,1-3H3,(H,13,17). The maximum absolute atomic E-state index is 12.1. The van der Waals surface area contributed by atoms with Crippen LogP contribution in [0.2, 0.25) is 0 Å². The highest BCUT2D eigenvalue weighted by Crippen LogP contribution is 2.15. The fraction of sp³-hybridized carbons (Fsp3) is 0.667. The maximum atomic E-state index is 12.1. The van der Waals surface area contributed by atoms with Gasteiger partial charge in [-0.3, -0.25) is 4.90 Å². The number of nitrogens with one attached hydrogen (secondary N) is 1. The van der Waals surface area contributed by atoms with Crippen molar-refractivity contribution in [1.82, 2.24) is 15.0 Å². The highest BCUT2D eigenvalue weighted by Gasteiger charge is 2.27. The van der Waals surface area contributed by atoms with Gasteiger partial charge in [0.1, 0.15) is 17.6 Å². The molecule has 1 aromatic rings. The molecule has 0 radical (unpaired) electrons. The number of amides is 2. The topological polar surface area (TPSA) is 61.6 Å². The lowest BCUT2D eigenvalue weighted by molar-refractivity contribution is 0.112. The van der Waals surface area contributed by atoms with Crippen molar-refractivity contribution in [3.63, 3.8) is 0 Å². The minimum Gasteiger partial charge on any atom is -0.362 e. The molecular formula is C12H20N4O2. The molecule has 1 atom stereocenters. The molecule has 1 fully saturated rings. The van der Waals surface area contributed by atoms with Gasteiger partial charge in [-0.2, -0.15) is 0 Å². The van der Waals surface area contributed by atoms with Gasteiger partial charge in [0.15, 0.2) is 0 Å². The number of hydrogen-bond acceptors (Lipinski definition) is 4. The van der Waals surface area contributed by atoms with E-state index in [0.717, 1.165) is 26.2 Å². The third kappa shape index (κ3) is 2.64. The smallest absolute Gasteiger partial charge is 0.322 e. The molecule has 0 aliphatic carbocycles. The molecule has 6 nitrogen and oxygen atoms in total. The van der Waals surface area contributed by atoms with Gasteiger partial charge in [-0.25, -0.2) is 4.79 Å². The van der Waals surface area contributed by atoms with Crippen LogP contribution in [0.15, 0.2) is 10.8 Å². The molecule has 1 aromatic heterocycles. The Balaban J connectivity index is 1.96.